The van der Waals surface area contributed by atoms with Gasteiger partial charge in [-0.1, -0.05) is 12.1 Å². The van der Waals surface area contributed by atoms with E-state index in [0.717, 1.165) is 26.9 Å². The number of hydrogen-bond acceptors (Lipinski definition) is 4. The molecule has 1 N–H and O–H groups in total. The average molecular weight is 277 g/mol. The molecule has 0 unspecified atom stereocenters. The van der Waals surface area contributed by atoms with Crippen LogP contribution in [0.1, 0.15) is 17.0 Å². The maximum absolute atomic E-state index is 10.6. The van der Waals surface area contributed by atoms with Crippen molar-refractivity contribution in [1.29, 1.82) is 0 Å². The monoisotopic (exact) mass is 277 g/mol. The molecule has 4 nitrogen and oxygen atoms in total. The van der Waals surface area contributed by atoms with Gasteiger partial charge in [-0.15, -0.1) is 11.3 Å². The molecule has 5 heteroatoms. The lowest BCUT2D eigenvalue weighted by atomic mass is 10.2. The number of rotatable bonds is 5. The number of benzene rings is 1. The van der Waals surface area contributed by atoms with Crippen LogP contribution in [0.15, 0.2) is 24.3 Å². The van der Waals surface area contributed by atoms with Gasteiger partial charge in [0.2, 0.25) is 0 Å². The minimum Gasteiger partial charge on any atom is -0.497 e. The number of aromatic nitrogens is 1. The molecule has 0 aliphatic heterocycles. The van der Waals surface area contributed by atoms with Crippen molar-refractivity contribution in [2.45, 2.75) is 19.8 Å². The van der Waals surface area contributed by atoms with Crippen molar-refractivity contribution >= 4 is 17.3 Å². The van der Waals surface area contributed by atoms with Gasteiger partial charge >= 0.3 is 5.97 Å². The molecule has 2 aromatic rings. The molecule has 0 spiro atoms. The largest absolute Gasteiger partial charge is 0.497 e. The number of ether oxygens (including phenoxy) is 1. The van der Waals surface area contributed by atoms with Gasteiger partial charge in [0.25, 0.3) is 0 Å². The summed E-state index contributed by atoms with van der Waals surface area (Å²) in [6.45, 7) is 1.91. The van der Waals surface area contributed by atoms with Crippen LogP contribution >= 0.6 is 11.3 Å². The van der Waals surface area contributed by atoms with Gasteiger partial charge in [-0.25, -0.2) is 4.98 Å². The molecule has 0 fully saturated rings. The Morgan fingerprint density at radius 3 is 2.95 bits per heavy atom. The Hall–Kier alpha value is -1.88. The van der Waals surface area contributed by atoms with Crippen LogP contribution in [0.4, 0.5) is 0 Å². The second-order valence-corrected chi connectivity index (χ2v) is 5.24. The molecule has 0 atom stereocenters. The van der Waals surface area contributed by atoms with Crippen LogP contribution in [-0.2, 0) is 11.2 Å². The quantitative estimate of drug-likeness (QED) is 0.912. The van der Waals surface area contributed by atoms with Crippen molar-refractivity contribution in [2.75, 3.05) is 7.11 Å². The minimum atomic E-state index is -0.782. The molecule has 1 heterocycles. The zero-order chi connectivity index (χ0) is 13.8. The Morgan fingerprint density at radius 1 is 1.47 bits per heavy atom. The summed E-state index contributed by atoms with van der Waals surface area (Å²) in [6.07, 6.45) is 0.670. The van der Waals surface area contributed by atoms with E-state index in [1.54, 1.807) is 18.4 Å². The van der Waals surface area contributed by atoms with E-state index in [-0.39, 0.29) is 6.42 Å². The van der Waals surface area contributed by atoms with Crippen molar-refractivity contribution in [3.63, 3.8) is 0 Å². The molecule has 1 aromatic heterocycles. The predicted octanol–water partition coefficient (Wildman–Crippen LogP) is 3.14. The molecule has 19 heavy (non-hydrogen) atoms. The maximum atomic E-state index is 10.6. The normalized spacial score (nSPS) is 10.4. The van der Waals surface area contributed by atoms with Crippen LogP contribution in [-0.4, -0.2) is 23.2 Å². The highest BCUT2D eigenvalue weighted by Crippen LogP contribution is 2.30. The summed E-state index contributed by atoms with van der Waals surface area (Å²) < 4.78 is 5.19. The summed E-state index contributed by atoms with van der Waals surface area (Å²) in [5.41, 5.74) is 1.90. The van der Waals surface area contributed by atoms with Crippen molar-refractivity contribution in [2.24, 2.45) is 0 Å². The van der Waals surface area contributed by atoms with Gasteiger partial charge in [-0.2, -0.15) is 0 Å². The van der Waals surface area contributed by atoms with E-state index in [4.69, 9.17) is 9.84 Å². The molecule has 0 aliphatic rings. The average Bonchev–Trinajstić information content (AvgIpc) is 2.78. The van der Waals surface area contributed by atoms with Crippen LogP contribution < -0.4 is 4.74 Å². The highest BCUT2D eigenvalue weighted by atomic mass is 32.1. The first-order chi connectivity index (χ1) is 9.10. The van der Waals surface area contributed by atoms with Gasteiger partial charge < -0.3 is 9.84 Å². The van der Waals surface area contributed by atoms with Crippen LogP contribution in [0.2, 0.25) is 0 Å². The van der Waals surface area contributed by atoms with Gasteiger partial charge in [-0.3, -0.25) is 4.79 Å². The zero-order valence-electron chi connectivity index (χ0n) is 10.8. The maximum Gasteiger partial charge on any atom is 0.303 e. The topological polar surface area (TPSA) is 59.4 Å². The van der Waals surface area contributed by atoms with Gasteiger partial charge in [0.05, 0.1) is 19.2 Å². The third kappa shape index (κ3) is 3.32. The SMILES string of the molecule is COc1cccc(-c2nc(C)c(CCC(=O)O)s2)c1. The second-order valence-electron chi connectivity index (χ2n) is 4.15. The smallest absolute Gasteiger partial charge is 0.303 e. The Morgan fingerprint density at radius 2 is 2.26 bits per heavy atom. The van der Waals surface area contributed by atoms with E-state index in [1.165, 1.54) is 0 Å². The Kier molecular flexibility index (Phi) is 4.16. The molecule has 0 amide bonds. The van der Waals surface area contributed by atoms with Crippen molar-refractivity contribution in [3.8, 4) is 16.3 Å². The van der Waals surface area contributed by atoms with Crippen molar-refractivity contribution in [1.82, 2.24) is 4.98 Å². The molecule has 0 saturated carbocycles. The molecule has 0 bridgehead atoms. The standard InChI is InChI=1S/C14H15NO3S/c1-9-12(6-7-13(16)17)19-14(15-9)10-4-3-5-11(8-10)18-2/h3-5,8H,6-7H2,1-2H3,(H,16,17). The number of aryl methyl sites for hydroxylation is 2. The van der Waals surface area contributed by atoms with Crippen molar-refractivity contribution in [3.05, 3.63) is 34.8 Å². The predicted molar refractivity (Wildman–Crippen MR) is 74.8 cm³/mol. The summed E-state index contributed by atoms with van der Waals surface area (Å²) in [7, 11) is 1.63. The molecule has 100 valence electrons. The lowest BCUT2D eigenvalue weighted by Crippen LogP contribution is -1.96. The van der Waals surface area contributed by atoms with E-state index in [0.29, 0.717) is 6.42 Å². The fraction of sp³-hybridized carbons (Fsp3) is 0.286. The van der Waals surface area contributed by atoms with Gasteiger partial charge in [0.15, 0.2) is 0 Å². The first-order valence-electron chi connectivity index (χ1n) is 5.92. The van der Waals surface area contributed by atoms with E-state index < -0.39 is 5.97 Å². The fourth-order valence-corrected chi connectivity index (χ4v) is 2.82. The minimum absolute atomic E-state index is 0.139. The summed E-state index contributed by atoms with van der Waals surface area (Å²) in [5, 5.41) is 9.63. The molecule has 2 rings (SSSR count). The number of aliphatic carboxylic acids is 1. The number of thiazole rings is 1. The third-order valence-electron chi connectivity index (χ3n) is 2.78. The number of methoxy groups -OCH3 is 1. The van der Waals surface area contributed by atoms with Crippen LogP contribution in [0.5, 0.6) is 5.75 Å². The highest BCUT2D eigenvalue weighted by molar-refractivity contribution is 7.15. The van der Waals surface area contributed by atoms with Gasteiger partial charge in [0, 0.05) is 10.4 Å². The fourth-order valence-electron chi connectivity index (χ4n) is 1.76. The first kappa shape index (κ1) is 13.5. The third-order valence-corrected chi connectivity index (χ3v) is 4.04. The number of carboxylic acids is 1. The van der Waals surface area contributed by atoms with Crippen molar-refractivity contribution < 1.29 is 14.6 Å². The highest BCUT2D eigenvalue weighted by Gasteiger charge is 2.11. The molecule has 0 aliphatic carbocycles. The van der Waals surface area contributed by atoms with E-state index in [2.05, 4.69) is 4.98 Å². The number of carbonyl (C=O) groups is 1. The Labute approximate surface area is 115 Å². The summed E-state index contributed by atoms with van der Waals surface area (Å²) >= 11 is 1.54. The summed E-state index contributed by atoms with van der Waals surface area (Å²) in [5.74, 6) is 0.00756. The molecular formula is C14H15NO3S. The number of nitrogens with zero attached hydrogens (tertiary/aromatic N) is 1. The zero-order valence-corrected chi connectivity index (χ0v) is 11.7. The summed E-state index contributed by atoms with van der Waals surface area (Å²) in [6, 6.07) is 7.71. The molecular weight excluding hydrogens is 262 g/mol. The van der Waals surface area contributed by atoms with E-state index in [9.17, 15) is 4.79 Å². The lowest BCUT2D eigenvalue weighted by Gasteiger charge is -2.00. The lowest BCUT2D eigenvalue weighted by molar-refractivity contribution is -0.136. The van der Waals surface area contributed by atoms with Crippen LogP contribution in [0.25, 0.3) is 10.6 Å². The van der Waals surface area contributed by atoms with Gasteiger partial charge in [-0.05, 0) is 25.5 Å². The van der Waals surface area contributed by atoms with E-state index in [1.807, 2.05) is 31.2 Å². The Bertz CT molecular complexity index is 592. The Balaban J connectivity index is 2.25. The van der Waals surface area contributed by atoms with Crippen LogP contribution in [0, 0.1) is 6.92 Å². The molecule has 0 saturated heterocycles. The number of carboxylic acid groups (broad SMARTS) is 1. The molecule has 1 aromatic carbocycles. The second kappa shape index (κ2) is 5.84. The van der Waals surface area contributed by atoms with E-state index >= 15 is 0 Å². The van der Waals surface area contributed by atoms with Gasteiger partial charge in [0.1, 0.15) is 10.8 Å². The number of hydrogen-bond donors (Lipinski definition) is 1. The first-order valence-corrected chi connectivity index (χ1v) is 6.74. The summed E-state index contributed by atoms with van der Waals surface area (Å²) in [4.78, 5) is 16.1. The molecule has 0 radical (unpaired) electrons. The van der Waals surface area contributed by atoms with Crippen LogP contribution in [0.3, 0.4) is 0 Å².